The average molecular weight is 270 g/mol. The summed E-state index contributed by atoms with van der Waals surface area (Å²) in [7, 11) is 0. The van der Waals surface area contributed by atoms with Crippen LogP contribution in [0.25, 0.3) is 0 Å². The smallest absolute Gasteiger partial charge is 0.232 e. The molecule has 0 saturated carbocycles. The van der Waals surface area contributed by atoms with Crippen LogP contribution in [0.2, 0.25) is 10.0 Å². The predicted molar refractivity (Wildman–Crippen MR) is 68.7 cm³/mol. The summed E-state index contributed by atoms with van der Waals surface area (Å²) in [6, 6.07) is 5.13. The number of nitrogens with zero attached hydrogens (tertiary/aromatic N) is 3. The van der Waals surface area contributed by atoms with Crippen LogP contribution in [-0.4, -0.2) is 15.0 Å². The molecule has 88 valence electrons. The molecular formula is C10H9Cl2N5. The largest absolute Gasteiger partial charge is 0.368 e. The Bertz CT molecular complexity index is 538. The second-order valence-electron chi connectivity index (χ2n) is 3.32. The fraction of sp³-hybridized carbons (Fsp3) is 0.100. The van der Waals surface area contributed by atoms with Crippen LogP contribution in [0.3, 0.4) is 0 Å². The molecule has 1 aromatic heterocycles. The van der Waals surface area contributed by atoms with E-state index in [1.54, 1.807) is 25.1 Å². The molecular weight excluding hydrogens is 261 g/mol. The van der Waals surface area contributed by atoms with Crippen molar-refractivity contribution in [2.24, 2.45) is 0 Å². The highest BCUT2D eigenvalue weighted by Gasteiger charge is 2.03. The lowest BCUT2D eigenvalue weighted by atomic mass is 10.3. The van der Waals surface area contributed by atoms with Crippen molar-refractivity contribution in [3.63, 3.8) is 0 Å². The van der Waals surface area contributed by atoms with Crippen molar-refractivity contribution in [2.75, 3.05) is 11.1 Å². The maximum atomic E-state index is 5.89. The van der Waals surface area contributed by atoms with Crippen LogP contribution < -0.4 is 11.1 Å². The first kappa shape index (κ1) is 11.9. The van der Waals surface area contributed by atoms with E-state index in [0.717, 1.165) is 5.69 Å². The maximum absolute atomic E-state index is 5.89. The highest BCUT2D eigenvalue weighted by Crippen LogP contribution is 2.26. The number of rotatable bonds is 2. The van der Waals surface area contributed by atoms with Gasteiger partial charge in [0.15, 0.2) is 0 Å². The van der Waals surface area contributed by atoms with E-state index in [1.807, 2.05) is 0 Å². The lowest BCUT2D eigenvalue weighted by Gasteiger charge is -2.06. The summed E-state index contributed by atoms with van der Waals surface area (Å²) in [4.78, 5) is 11.9. The van der Waals surface area contributed by atoms with Crippen LogP contribution in [0.1, 0.15) is 5.82 Å². The molecule has 1 heterocycles. The van der Waals surface area contributed by atoms with Crippen LogP contribution in [-0.2, 0) is 0 Å². The Labute approximate surface area is 108 Å². The van der Waals surface area contributed by atoms with Crippen LogP contribution in [0, 0.1) is 6.92 Å². The van der Waals surface area contributed by atoms with E-state index in [4.69, 9.17) is 28.9 Å². The van der Waals surface area contributed by atoms with Crippen molar-refractivity contribution in [2.45, 2.75) is 6.92 Å². The van der Waals surface area contributed by atoms with Gasteiger partial charge in [-0.2, -0.15) is 15.0 Å². The van der Waals surface area contributed by atoms with E-state index in [-0.39, 0.29) is 5.95 Å². The van der Waals surface area contributed by atoms with Crippen molar-refractivity contribution < 1.29 is 0 Å². The molecule has 0 saturated heterocycles. The Morgan fingerprint density at radius 2 is 1.88 bits per heavy atom. The molecule has 0 amide bonds. The van der Waals surface area contributed by atoms with Gasteiger partial charge >= 0.3 is 0 Å². The summed E-state index contributed by atoms with van der Waals surface area (Å²) in [6.45, 7) is 1.73. The maximum Gasteiger partial charge on any atom is 0.232 e. The highest BCUT2D eigenvalue weighted by molar-refractivity contribution is 6.42. The van der Waals surface area contributed by atoms with Gasteiger partial charge in [0, 0.05) is 5.69 Å². The zero-order valence-corrected chi connectivity index (χ0v) is 10.4. The SMILES string of the molecule is Cc1nc(N)nc(Nc2ccc(Cl)c(Cl)c2)n1. The monoisotopic (exact) mass is 269 g/mol. The van der Waals surface area contributed by atoms with Crippen LogP contribution in [0.4, 0.5) is 17.6 Å². The molecule has 0 atom stereocenters. The van der Waals surface area contributed by atoms with E-state index in [2.05, 4.69) is 20.3 Å². The molecule has 0 fully saturated rings. The molecule has 0 aliphatic heterocycles. The molecule has 2 aromatic rings. The summed E-state index contributed by atoms with van der Waals surface area (Å²) in [5, 5.41) is 3.91. The summed E-state index contributed by atoms with van der Waals surface area (Å²) >= 11 is 11.7. The van der Waals surface area contributed by atoms with Gasteiger partial charge in [-0.3, -0.25) is 0 Å². The van der Waals surface area contributed by atoms with E-state index >= 15 is 0 Å². The Hall–Kier alpha value is -1.59. The van der Waals surface area contributed by atoms with Crippen molar-refractivity contribution in [3.8, 4) is 0 Å². The number of aromatic nitrogens is 3. The average Bonchev–Trinajstić information content (AvgIpc) is 2.22. The normalized spacial score (nSPS) is 10.3. The molecule has 5 nitrogen and oxygen atoms in total. The van der Waals surface area contributed by atoms with E-state index in [9.17, 15) is 0 Å². The zero-order chi connectivity index (χ0) is 12.4. The van der Waals surface area contributed by atoms with Gasteiger partial charge in [0.25, 0.3) is 0 Å². The van der Waals surface area contributed by atoms with Crippen molar-refractivity contribution in [3.05, 3.63) is 34.1 Å². The molecule has 0 unspecified atom stereocenters. The van der Waals surface area contributed by atoms with Crippen LogP contribution >= 0.6 is 23.2 Å². The molecule has 0 radical (unpaired) electrons. The summed E-state index contributed by atoms with van der Waals surface area (Å²) in [5.74, 6) is 1.08. The number of halogens is 2. The molecule has 1 aromatic carbocycles. The molecule has 2 rings (SSSR count). The van der Waals surface area contributed by atoms with Crippen molar-refractivity contribution in [1.29, 1.82) is 0 Å². The predicted octanol–water partition coefficient (Wildman–Crippen LogP) is 2.81. The minimum absolute atomic E-state index is 0.167. The number of nitrogen functional groups attached to an aromatic ring is 1. The number of anilines is 3. The number of hydrogen-bond acceptors (Lipinski definition) is 5. The van der Waals surface area contributed by atoms with Crippen molar-refractivity contribution in [1.82, 2.24) is 15.0 Å². The third-order valence-electron chi connectivity index (χ3n) is 1.94. The summed E-state index contributed by atoms with van der Waals surface area (Å²) < 4.78 is 0. The van der Waals surface area contributed by atoms with E-state index in [0.29, 0.717) is 21.8 Å². The number of aryl methyl sites for hydroxylation is 1. The van der Waals surface area contributed by atoms with Crippen LogP contribution in [0.5, 0.6) is 0 Å². The minimum Gasteiger partial charge on any atom is -0.368 e. The molecule has 0 aliphatic carbocycles. The van der Waals surface area contributed by atoms with E-state index in [1.165, 1.54) is 0 Å². The second-order valence-corrected chi connectivity index (χ2v) is 4.13. The minimum atomic E-state index is 0.167. The molecule has 7 heteroatoms. The van der Waals surface area contributed by atoms with Gasteiger partial charge in [0.2, 0.25) is 11.9 Å². The number of benzene rings is 1. The number of nitrogens with two attached hydrogens (primary N) is 1. The topological polar surface area (TPSA) is 76.7 Å². The first-order valence-electron chi connectivity index (χ1n) is 4.75. The van der Waals surface area contributed by atoms with Gasteiger partial charge < -0.3 is 11.1 Å². The Kier molecular flexibility index (Phi) is 3.31. The first-order chi connectivity index (χ1) is 8.04. The first-order valence-corrected chi connectivity index (χ1v) is 5.50. The summed E-state index contributed by atoms with van der Waals surface area (Å²) in [5.41, 5.74) is 6.24. The molecule has 3 N–H and O–H groups in total. The number of hydrogen-bond donors (Lipinski definition) is 2. The fourth-order valence-electron chi connectivity index (χ4n) is 1.26. The lowest BCUT2D eigenvalue weighted by Crippen LogP contribution is -2.04. The molecule has 0 bridgehead atoms. The standard InChI is InChI=1S/C10H9Cl2N5/c1-5-14-9(13)17-10(15-5)16-6-2-3-7(11)8(12)4-6/h2-4H,1H3,(H3,13,14,15,16,17). The highest BCUT2D eigenvalue weighted by atomic mass is 35.5. The Balaban J connectivity index is 2.28. The quantitative estimate of drug-likeness (QED) is 0.877. The Morgan fingerprint density at radius 3 is 2.53 bits per heavy atom. The van der Waals surface area contributed by atoms with Gasteiger partial charge in [-0.1, -0.05) is 23.2 Å². The third kappa shape index (κ3) is 2.95. The molecule has 0 aliphatic rings. The van der Waals surface area contributed by atoms with Gasteiger partial charge in [0.1, 0.15) is 5.82 Å². The zero-order valence-electron chi connectivity index (χ0n) is 8.91. The van der Waals surface area contributed by atoms with Gasteiger partial charge in [0.05, 0.1) is 10.0 Å². The summed E-state index contributed by atoms with van der Waals surface area (Å²) in [6.07, 6.45) is 0. The van der Waals surface area contributed by atoms with Gasteiger partial charge in [-0.25, -0.2) is 0 Å². The van der Waals surface area contributed by atoms with E-state index < -0.39 is 0 Å². The van der Waals surface area contributed by atoms with Crippen molar-refractivity contribution >= 4 is 40.8 Å². The third-order valence-corrected chi connectivity index (χ3v) is 2.68. The molecule has 0 spiro atoms. The fourth-order valence-corrected chi connectivity index (χ4v) is 1.56. The lowest BCUT2D eigenvalue weighted by molar-refractivity contribution is 0.995. The molecule has 17 heavy (non-hydrogen) atoms. The number of nitrogens with one attached hydrogen (secondary N) is 1. The second kappa shape index (κ2) is 4.73. The van der Waals surface area contributed by atoms with Gasteiger partial charge in [-0.15, -0.1) is 0 Å². The van der Waals surface area contributed by atoms with Gasteiger partial charge in [-0.05, 0) is 25.1 Å². The van der Waals surface area contributed by atoms with Crippen LogP contribution in [0.15, 0.2) is 18.2 Å². The Morgan fingerprint density at radius 1 is 1.12 bits per heavy atom.